The molecule has 0 aromatic carbocycles. The SMILES string of the molecule is NCC1CN(C(=O)C(=O)O)C1. The van der Waals surface area contributed by atoms with E-state index in [0.29, 0.717) is 25.6 Å². The van der Waals surface area contributed by atoms with Crippen molar-refractivity contribution in [3.8, 4) is 0 Å². The summed E-state index contributed by atoms with van der Waals surface area (Å²) in [6, 6.07) is 0. The smallest absolute Gasteiger partial charge is 0.394 e. The van der Waals surface area contributed by atoms with Crippen molar-refractivity contribution in [1.82, 2.24) is 4.90 Å². The summed E-state index contributed by atoms with van der Waals surface area (Å²) in [5.41, 5.74) is 5.29. The van der Waals surface area contributed by atoms with Crippen molar-refractivity contribution < 1.29 is 14.7 Å². The fourth-order valence-corrected chi connectivity index (χ4v) is 1.02. The Kier molecular flexibility index (Phi) is 2.09. The molecular weight excluding hydrogens is 148 g/mol. The van der Waals surface area contributed by atoms with Gasteiger partial charge in [-0.2, -0.15) is 0 Å². The standard InChI is InChI=1S/C6H10N2O3/c7-1-4-2-8(3-4)5(9)6(10)11/h4H,1-3,7H2,(H,10,11). The van der Waals surface area contributed by atoms with Crippen LogP contribution in [-0.4, -0.2) is 41.5 Å². The highest BCUT2D eigenvalue weighted by Crippen LogP contribution is 2.13. The molecule has 0 bridgehead atoms. The number of hydrogen-bond donors (Lipinski definition) is 2. The summed E-state index contributed by atoms with van der Waals surface area (Å²) < 4.78 is 0. The highest BCUT2D eigenvalue weighted by Gasteiger charge is 2.32. The van der Waals surface area contributed by atoms with Gasteiger partial charge in [0.25, 0.3) is 0 Å². The third-order valence-electron chi connectivity index (χ3n) is 1.76. The molecule has 0 aromatic rings. The minimum absolute atomic E-state index is 0.290. The summed E-state index contributed by atoms with van der Waals surface area (Å²) >= 11 is 0. The van der Waals surface area contributed by atoms with E-state index in [2.05, 4.69) is 0 Å². The molecule has 1 aliphatic heterocycles. The Morgan fingerprint density at radius 2 is 2.09 bits per heavy atom. The number of rotatable bonds is 1. The first-order valence-electron chi connectivity index (χ1n) is 3.37. The number of likely N-dealkylation sites (tertiary alicyclic amines) is 1. The van der Waals surface area contributed by atoms with Crippen molar-refractivity contribution in [2.75, 3.05) is 19.6 Å². The van der Waals surface area contributed by atoms with Gasteiger partial charge in [0.05, 0.1) is 0 Å². The monoisotopic (exact) mass is 158 g/mol. The number of carbonyl (C=O) groups is 2. The largest absolute Gasteiger partial charge is 0.474 e. The number of hydrogen-bond acceptors (Lipinski definition) is 3. The molecular formula is C6H10N2O3. The van der Waals surface area contributed by atoms with Crippen LogP contribution >= 0.6 is 0 Å². The lowest BCUT2D eigenvalue weighted by molar-refractivity contribution is -0.159. The number of amides is 1. The zero-order valence-electron chi connectivity index (χ0n) is 5.99. The van der Waals surface area contributed by atoms with E-state index in [-0.39, 0.29) is 0 Å². The van der Waals surface area contributed by atoms with Crippen LogP contribution in [0.5, 0.6) is 0 Å². The molecule has 0 saturated carbocycles. The van der Waals surface area contributed by atoms with E-state index < -0.39 is 11.9 Å². The summed E-state index contributed by atoms with van der Waals surface area (Å²) in [5.74, 6) is -1.92. The number of aliphatic carboxylic acids is 1. The van der Waals surface area contributed by atoms with Gasteiger partial charge in [-0.15, -0.1) is 0 Å². The number of carbonyl (C=O) groups excluding carboxylic acids is 1. The molecule has 1 aliphatic rings. The zero-order valence-corrected chi connectivity index (χ0v) is 5.99. The van der Waals surface area contributed by atoms with Crippen LogP contribution in [0.2, 0.25) is 0 Å². The average Bonchev–Trinajstić information content (AvgIpc) is 1.85. The van der Waals surface area contributed by atoms with Crippen molar-refractivity contribution in [3.63, 3.8) is 0 Å². The summed E-state index contributed by atoms with van der Waals surface area (Å²) in [6.07, 6.45) is 0. The van der Waals surface area contributed by atoms with Crippen LogP contribution in [0.15, 0.2) is 0 Å². The van der Waals surface area contributed by atoms with Gasteiger partial charge in [0, 0.05) is 19.0 Å². The van der Waals surface area contributed by atoms with Gasteiger partial charge in [-0.3, -0.25) is 4.79 Å². The van der Waals surface area contributed by atoms with E-state index in [0.717, 1.165) is 0 Å². The number of nitrogens with two attached hydrogens (primary N) is 1. The van der Waals surface area contributed by atoms with Crippen molar-refractivity contribution in [2.24, 2.45) is 11.7 Å². The fourth-order valence-electron chi connectivity index (χ4n) is 1.02. The van der Waals surface area contributed by atoms with Crippen molar-refractivity contribution in [3.05, 3.63) is 0 Å². The molecule has 1 rings (SSSR count). The maximum absolute atomic E-state index is 10.7. The number of carboxylic acids is 1. The highest BCUT2D eigenvalue weighted by atomic mass is 16.4. The van der Waals surface area contributed by atoms with E-state index >= 15 is 0 Å². The molecule has 0 aromatic heterocycles. The summed E-state index contributed by atoms with van der Waals surface area (Å²) in [7, 11) is 0. The topological polar surface area (TPSA) is 83.6 Å². The molecule has 1 heterocycles. The third-order valence-corrected chi connectivity index (χ3v) is 1.76. The molecule has 11 heavy (non-hydrogen) atoms. The second-order valence-corrected chi connectivity index (χ2v) is 2.62. The molecule has 5 heteroatoms. The minimum atomic E-state index is -1.39. The Hall–Kier alpha value is -1.10. The van der Waals surface area contributed by atoms with Gasteiger partial charge in [-0.25, -0.2) is 4.79 Å². The average molecular weight is 158 g/mol. The molecule has 5 nitrogen and oxygen atoms in total. The van der Waals surface area contributed by atoms with Crippen LogP contribution in [0.4, 0.5) is 0 Å². The van der Waals surface area contributed by atoms with Crippen LogP contribution < -0.4 is 5.73 Å². The van der Waals surface area contributed by atoms with E-state index in [1.807, 2.05) is 0 Å². The Labute approximate surface area is 63.8 Å². The second kappa shape index (κ2) is 2.87. The Morgan fingerprint density at radius 3 is 2.45 bits per heavy atom. The maximum atomic E-state index is 10.7. The van der Waals surface area contributed by atoms with Crippen molar-refractivity contribution in [1.29, 1.82) is 0 Å². The van der Waals surface area contributed by atoms with E-state index in [1.54, 1.807) is 0 Å². The number of carboxylic acid groups (broad SMARTS) is 1. The molecule has 1 fully saturated rings. The highest BCUT2D eigenvalue weighted by molar-refractivity contribution is 6.31. The van der Waals surface area contributed by atoms with Gasteiger partial charge in [-0.05, 0) is 6.54 Å². The first-order valence-corrected chi connectivity index (χ1v) is 3.37. The molecule has 0 aliphatic carbocycles. The van der Waals surface area contributed by atoms with Crippen LogP contribution in [0, 0.1) is 5.92 Å². The van der Waals surface area contributed by atoms with E-state index in [1.165, 1.54) is 4.90 Å². The van der Waals surface area contributed by atoms with Gasteiger partial charge in [-0.1, -0.05) is 0 Å². The fraction of sp³-hybridized carbons (Fsp3) is 0.667. The van der Waals surface area contributed by atoms with Crippen LogP contribution in [0.25, 0.3) is 0 Å². The predicted molar refractivity (Wildman–Crippen MR) is 36.8 cm³/mol. The third kappa shape index (κ3) is 1.48. The van der Waals surface area contributed by atoms with Gasteiger partial charge in [0.15, 0.2) is 0 Å². The van der Waals surface area contributed by atoms with E-state index in [4.69, 9.17) is 10.8 Å². The zero-order chi connectivity index (χ0) is 8.43. The molecule has 1 amide bonds. The Balaban J connectivity index is 2.32. The normalized spacial score (nSPS) is 17.7. The lowest BCUT2D eigenvalue weighted by Crippen LogP contribution is -2.54. The maximum Gasteiger partial charge on any atom is 0.394 e. The minimum Gasteiger partial charge on any atom is -0.474 e. The van der Waals surface area contributed by atoms with Gasteiger partial charge >= 0.3 is 11.9 Å². The second-order valence-electron chi connectivity index (χ2n) is 2.62. The predicted octanol–water partition coefficient (Wildman–Crippen LogP) is -1.51. The first-order chi connectivity index (χ1) is 5.15. The van der Waals surface area contributed by atoms with Crippen molar-refractivity contribution >= 4 is 11.9 Å². The van der Waals surface area contributed by atoms with Gasteiger partial charge in [0.2, 0.25) is 0 Å². The molecule has 62 valence electrons. The molecule has 3 N–H and O–H groups in total. The number of nitrogens with zero attached hydrogens (tertiary/aromatic N) is 1. The lowest BCUT2D eigenvalue weighted by atomic mass is 10.0. The summed E-state index contributed by atoms with van der Waals surface area (Å²) in [6.45, 7) is 1.49. The molecule has 0 atom stereocenters. The van der Waals surface area contributed by atoms with Crippen LogP contribution in [-0.2, 0) is 9.59 Å². The molecule has 0 unspecified atom stereocenters. The first kappa shape index (κ1) is 8.00. The van der Waals surface area contributed by atoms with Gasteiger partial charge in [0.1, 0.15) is 0 Å². The quantitative estimate of drug-likeness (QED) is 0.454. The Morgan fingerprint density at radius 1 is 1.55 bits per heavy atom. The molecule has 0 radical (unpaired) electrons. The van der Waals surface area contributed by atoms with Crippen molar-refractivity contribution in [2.45, 2.75) is 0 Å². The van der Waals surface area contributed by atoms with Crippen LogP contribution in [0.3, 0.4) is 0 Å². The lowest BCUT2D eigenvalue weighted by Gasteiger charge is -2.37. The Bertz CT molecular complexity index is 186. The summed E-state index contributed by atoms with van der Waals surface area (Å²) in [5, 5.41) is 8.25. The van der Waals surface area contributed by atoms with Gasteiger partial charge < -0.3 is 15.7 Å². The molecule has 0 spiro atoms. The van der Waals surface area contributed by atoms with Crippen LogP contribution in [0.1, 0.15) is 0 Å². The van der Waals surface area contributed by atoms with E-state index in [9.17, 15) is 9.59 Å². The molecule has 1 saturated heterocycles. The summed E-state index contributed by atoms with van der Waals surface area (Å²) in [4.78, 5) is 22.1.